The largest absolute Gasteiger partial charge is 0.493 e. The highest BCUT2D eigenvalue weighted by molar-refractivity contribution is 5.92. The van der Waals surface area contributed by atoms with E-state index >= 15 is 0 Å². The molecular formula is C19H25NO6. The van der Waals surface area contributed by atoms with Crippen LogP contribution in [0.25, 0.3) is 0 Å². The third-order valence-electron chi connectivity index (χ3n) is 4.60. The van der Waals surface area contributed by atoms with Crippen LogP contribution >= 0.6 is 0 Å². The van der Waals surface area contributed by atoms with E-state index in [9.17, 15) is 9.59 Å². The van der Waals surface area contributed by atoms with Crippen molar-refractivity contribution >= 4 is 11.9 Å². The summed E-state index contributed by atoms with van der Waals surface area (Å²) in [5, 5.41) is 0. The lowest BCUT2D eigenvalue weighted by Crippen LogP contribution is -2.36. The van der Waals surface area contributed by atoms with Gasteiger partial charge in [0.15, 0.2) is 18.1 Å². The van der Waals surface area contributed by atoms with Gasteiger partial charge >= 0.3 is 5.97 Å². The Balaban J connectivity index is 1.61. The van der Waals surface area contributed by atoms with Gasteiger partial charge in [-0.3, -0.25) is 4.79 Å². The Bertz CT molecular complexity index is 634. The molecule has 2 heterocycles. The Hall–Kier alpha value is -2.44. The van der Waals surface area contributed by atoms with Gasteiger partial charge in [-0.25, -0.2) is 4.79 Å². The molecule has 1 aromatic carbocycles. The highest BCUT2D eigenvalue weighted by Crippen LogP contribution is 2.40. The number of rotatable bonds is 4. The predicted octanol–water partition coefficient (Wildman–Crippen LogP) is 2.42. The van der Waals surface area contributed by atoms with E-state index in [1.807, 2.05) is 0 Å². The highest BCUT2D eigenvalue weighted by Gasteiger charge is 2.23. The molecule has 142 valence electrons. The number of benzene rings is 1. The van der Waals surface area contributed by atoms with E-state index < -0.39 is 5.97 Å². The molecular weight excluding hydrogens is 338 g/mol. The Morgan fingerprint density at radius 1 is 1.04 bits per heavy atom. The second kappa shape index (κ2) is 8.78. The molecule has 0 radical (unpaired) electrons. The minimum absolute atomic E-state index is 0.148. The summed E-state index contributed by atoms with van der Waals surface area (Å²) < 4.78 is 21.5. The van der Waals surface area contributed by atoms with Crippen molar-refractivity contribution in [2.24, 2.45) is 0 Å². The molecule has 3 rings (SSSR count). The molecule has 0 unspecified atom stereocenters. The van der Waals surface area contributed by atoms with Gasteiger partial charge in [0.2, 0.25) is 5.75 Å². The van der Waals surface area contributed by atoms with Crippen LogP contribution in [0.15, 0.2) is 12.1 Å². The van der Waals surface area contributed by atoms with Gasteiger partial charge in [0, 0.05) is 13.1 Å². The van der Waals surface area contributed by atoms with Crippen molar-refractivity contribution in [1.29, 1.82) is 0 Å². The summed E-state index contributed by atoms with van der Waals surface area (Å²) >= 11 is 0. The van der Waals surface area contributed by atoms with Crippen molar-refractivity contribution in [3.8, 4) is 17.2 Å². The number of likely N-dealkylation sites (tertiary alicyclic amines) is 1. The molecule has 0 atom stereocenters. The molecule has 1 saturated heterocycles. The molecule has 0 aliphatic carbocycles. The molecule has 7 nitrogen and oxygen atoms in total. The number of carbonyl (C=O) groups is 2. The summed E-state index contributed by atoms with van der Waals surface area (Å²) in [5.41, 5.74) is 0.270. The monoisotopic (exact) mass is 363 g/mol. The summed E-state index contributed by atoms with van der Waals surface area (Å²) in [6.45, 7) is 2.04. The fourth-order valence-electron chi connectivity index (χ4n) is 3.19. The molecule has 0 aromatic heterocycles. The van der Waals surface area contributed by atoms with Gasteiger partial charge in [-0.1, -0.05) is 19.3 Å². The molecule has 2 aliphatic rings. The van der Waals surface area contributed by atoms with Gasteiger partial charge in [0.25, 0.3) is 5.91 Å². The summed E-state index contributed by atoms with van der Waals surface area (Å²) in [7, 11) is 1.49. The Morgan fingerprint density at radius 2 is 1.73 bits per heavy atom. The number of nitrogens with zero attached hydrogens (tertiary/aromatic N) is 1. The second-order valence-corrected chi connectivity index (χ2v) is 6.43. The molecule has 2 aliphatic heterocycles. The zero-order valence-corrected chi connectivity index (χ0v) is 15.1. The maximum absolute atomic E-state index is 12.4. The lowest BCUT2D eigenvalue weighted by molar-refractivity contribution is -0.134. The SMILES string of the molecule is COc1cc(C(=O)OCC(=O)N2CCCCCCC2)cc2c1OCCO2. The van der Waals surface area contributed by atoms with E-state index in [4.69, 9.17) is 18.9 Å². The number of hydrogen-bond donors (Lipinski definition) is 0. The minimum atomic E-state index is -0.583. The first-order valence-corrected chi connectivity index (χ1v) is 9.11. The molecule has 0 saturated carbocycles. The summed E-state index contributed by atoms with van der Waals surface area (Å²) in [4.78, 5) is 26.5. The maximum Gasteiger partial charge on any atom is 0.338 e. The van der Waals surface area contributed by atoms with Crippen molar-refractivity contribution in [2.45, 2.75) is 32.1 Å². The number of hydrogen-bond acceptors (Lipinski definition) is 6. The van der Waals surface area contributed by atoms with Crippen LogP contribution in [0.4, 0.5) is 0 Å². The van der Waals surface area contributed by atoms with Gasteiger partial charge < -0.3 is 23.8 Å². The summed E-state index contributed by atoms with van der Waals surface area (Å²) in [5.74, 6) is 0.597. The van der Waals surface area contributed by atoms with Crippen molar-refractivity contribution in [3.05, 3.63) is 17.7 Å². The van der Waals surface area contributed by atoms with Crippen LogP contribution in [0.5, 0.6) is 17.2 Å². The molecule has 7 heteroatoms. The lowest BCUT2D eigenvalue weighted by atomic mass is 10.1. The predicted molar refractivity (Wildman–Crippen MR) is 93.9 cm³/mol. The van der Waals surface area contributed by atoms with Crippen LogP contribution in [0.2, 0.25) is 0 Å². The van der Waals surface area contributed by atoms with Crippen LogP contribution in [-0.2, 0) is 9.53 Å². The first-order valence-electron chi connectivity index (χ1n) is 9.11. The number of amides is 1. The van der Waals surface area contributed by atoms with Crippen LogP contribution in [-0.4, -0.2) is 56.8 Å². The number of ether oxygens (including phenoxy) is 4. The Labute approximate surface area is 153 Å². The number of fused-ring (bicyclic) bond motifs is 1. The zero-order chi connectivity index (χ0) is 18.4. The number of methoxy groups -OCH3 is 1. The van der Waals surface area contributed by atoms with Crippen LogP contribution in [0.3, 0.4) is 0 Å². The quantitative estimate of drug-likeness (QED) is 0.765. The first kappa shape index (κ1) is 18.4. The molecule has 0 N–H and O–H groups in total. The molecule has 0 spiro atoms. The summed E-state index contributed by atoms with van der Waals surface area (Å²) in [6, 6.07) is 3.09. The fourth-order valence-corrected chi connectivity index (χ4v) is 3.19. The molecule has 1 fully saturated rings. The second-order valence-electron chi connectivity index (χ2n) is 6.43. The van der Waals surface area contributed by atoms with Gasteiger partial charge in [0.1, 0.15) is 13.2 Å². The third kappa shape index (κ3) is 4.39. The smallest absolute Gasteiger partial charge is 0.338 e. The topological polar surface area (TPSA) is 74.3 Å². The van der Waals surface area contributed by atoms with Crippen molar-refractivity contribution in [2.75, 3.05) is 40.0 Å². The van der Waals surface area contributed by atoms with Gasteiger partial charge in [-0.05, 0) is 25.0 Å². The third-order valence-corrected chi connectivity index (χ3v) is 4.60. The van der Waals surface area contributed by atoms with Gasteiger partial charge in [-0.15, -0.1) is 0 Å². The van der Waals surface area contributed by atoms with Crippen LogP contribution in [0, 0.1) is 0 Å². The first-order chi connectivity index (χ1) is 12.7. The lowest BCUT2D eigenvalue weighted by Gasteiger charge is -2.24. The average Bonchev–Trinajstić information content (AvgIpc) is 2.64. The normalized spacial score (nSPS) is 17.0. The van der Waals surface area contributed by atoms with E-state index in [1.54, 1.807) is 11.0 Å². The Kier molecular flexibility index (Phi) is 6.20. The van der Waals surface area contributed by atoms with E-state index in [2.05, 4.69) is 0 Å². The number of esters is 1. The van der Waals surface area contributed by atoms with Gasteiger partial charge in [-0.2, -0.15) is 0 Å². The van der Waals surface area contributed by atoms with E-state index in [1.165, 1.54) is 19.6 Å². The molecule has 0 bridgehead atoms. The van der Waals surface area contributed by atoms with E-state index in [0.717, 1.165) is 38.8 Å². The maximum atomic E-state index is 12.4. The highest BCUT2D eigenvalue weighted by atomic mass is 16.6. The van der Waals surface area contributed by atoms with E-state index in [0.29, 0.717) is 30.5 Å². The van der Waals surface area contributed by atoms with Crippen LogP contribution < -0.4 is 14.2 Å². The average molecular weight is 363 g/mol. The fraction of sp³-hybridized carbons (Fsp3) is 0.579. The molecule has 1 aromatic rings. The van der Waals surface area contributed by atoms with Crippen LogP contribution in [0.1, 0.15) is 42.5 Å². The molecule has 26 heavy (non-hydrogen) atoms. The summed E-state index contributed by atoms with van der Waals surface area (Å²) in [6.07, 6.45) is 5.50. The van der Waals surface area contributed by atoms with E-state index in [-0.39, 0.29) is 18.1 Å². The van der Waals surface area contributed by atoms with Gasteiger partial charge in [0.05, 0.1) is 12.7 Å². The zero-order valence-electron chi connectivity index (χ0n) is 15.1. The minimum Gasteiger partial charge on any atom is -0.493 e. The van der Waals surface area contributed by atoms with Crippen molar-refractivity contribution in [3.63, 3.8) is 0 Å². The standard InChI is InChI=1S/C19H25NO6/c1-23-15-11-14(12-16-18(15)25-10-9-24-16)19(22)26-13-17(21)20-7-5-3-2-4-6-8-20/h11-12H,2-10,13H2,1H3. The number of carbonyl (C=O) groups excluding carboxylic acids is 2. The van der Waals surface area contributed by atoms with Crippen molar-refractivity contribution in [1.82, 2.24) is 4.90 Å². The Morgan fingerprint density at radius 3 is 2.46 bits per heavy atom. The van der Waals surface area contributed by atoms with Crippen molar-refractivity contribution < 1.29 is 28.5 Å². The molecule has 1 amide bonds.